The first kappa shape index (κ1) is 26.4. The minimum absolute atomic E-state index is 0.199. The molecule has 1 atom stereocenters. The van der Waals surface area contributed by atoms with Crippen LogP contribution >= 0.6 is 0 Å². The van der Waals surface area contributed by atoms with Crippen LogP contribution in [0.5, 0.6) is 0 Å². The lowest BCUT2D eigenvalue weighted by atomic mass is 9.83. The van der Waals surface area contributed by atoms with Crippen molar-refractivity contribution in [1.82, 2.24) is 4.90 Å². The Labute approximate surface area is 218 Å². The number of benzene rings is 3. The second-order valence-electron chi connectivity index (χ2n) is 10.7. The SMILES string of the molecule is Cc1ccc(-c2c(C)c3c(c(C)c2C(OC(C)(C)C)C(=O)O)CN(C(=O)OCc2ccccc2)C3)cc1. The predicted molar refractivity (Wildman–Crippen MR) is 143 cm³/mol. The zero-order chi connectivity index (χ0) is 26.9. The Morgan fingerprint density at radius 2 is 1.51 bits per heavy atom. The first-order chi connectivity index (χ1) is 17.5. The highest BCUT2D eigenvalue weighted by Crippen LogP contribution is 2.43. The summed E-state index contributed by atoms with van der Waals surface area (Å²) in [5.41, 5.74) is 7.60. The molecule has 37 heavy (non-hydrogen) atoms. The van der Waals surface area contributed by atoms with Crippen molar-refractivity contribution in [2.75, 3.05) is 0 Å². The smallest absolute Gasteiger partial charge is 0.410 e. The van der Waals surface area contributed by atoms with Crippen molar-refractivity contribution < 1.29 is 24.2 Å². The van der Waals surface area contributed by atoms with Gasteiger partial charge in [-0.05, 0) is 80.5 Å². The van der Waals surface area contributed by atoms with Crippen LogP contribution in [0.1, 0.15) is 65.8 Å². The number of nitrogens with zero attached hydrogens (tertiary/aromatic N) is 1. The van der Waals surface area contributed by atoms with Crippen molar-refractivity contribution in [2.45, 2.75) is 72.9 Å². The highest BCUT2D eigenvalue weighted by molar-refractivity contribution is 5.84. The summed E-state index contributed by atoms with van der Waals surface area (Å²) in [4.78, 5) is 27.2. The largest absolute Gasteiger partial charge is 0.479 e. The molecule has 0 bridgehead atoms. The zero-order valence-corrected chi connectivity index (χ0v) is 22.4. The number of carbonyl (C=O) groups is 2. The Kier molecular flexibility index (Phi) is 7.42. The number of carbonyl (C=O) groups excluding carboxylic acids is 1. The summed E-state index contributed by atoms with van der Waals surface area (Å²) < 4.78 is 11.7. The molecule has 194 valence electrons. The van der Waals surface area contributed by atoms with E-state index >= 15 is 0 Å². The average molecular weight is 502 g/mol. The molecule has 1 unspecified atom stereocenters. The Hall–Kier alpha value is -3.64. The van der Waals surface area contributed by atoms with E-state index in [0.717, 1.165) is 44.5 Å². The van der Waals surface area contributed by atoms with Gasteiger partial charge in [0.25, 0.3) is 0 Å². The Morgan fingerprint density at radius 1 is 0.919 bits per heavy atom. The summed E-state index contributed by atoms with van der Waals surface area (Å²) in [6.45, 7) is 12.5. The van der Waals surface area contributed by atoms with Crippen LogP contribution in [0.25, 0.3) is 11.1 Å². The fraction of sp³-hybridized carbons (Fsp3) is 0.355. The summed E-state index contributed by atoms with van der Waals surface area (Å²) in [5.74, 6) is -1.04. The lowest BCUT2D eigenvalue weighted by molar-refractivity contribution is -0.160. The molecule has 1 N–H and O–H groups in total. The van der Waals surface area contributed by atoms with Crippen molar-refractivity contribution >= 4 is 12.1 Å². The Balaban J connectivity index is 1.77. The Morgan fingerprint density at radius 3 is 2.08 bits per heavy atom. The molecule has 6 nitrogen and oxygen atoms in total. The van der Waals surface area contributed by atoms with Gasteiger partial charge >= 0.3 is 12.1 Å². The molecule has 0 aromatic heterocycles. The number of hydrogen-bond acceptors (Lipinski definition) is 4. The van der Waals surface area contributed by atoms with E-state index in [4.69, 9.17) is 9.47 Å². The topological polar surface area (TPSA) is 76.1 Å². The van der Waals surface area contributed by atoms with Gasteiger partial charge in [-0.2, -0.15) is 0 Å². The van der Waals surface area contributed by atoms with Crippen LogP contribution in [-0.2, 0) is 34.0 Å². The summed E-state index contributed by atoms with van der Waals surface area (Å²) in [6.07, 6.45) is -1.54. The number of aliphatic carboxylic acids is 1. The minimum atomic E-state index is -1.15. The van der Waals surface area contributed by atoms with Crippen LogP contribution < -0.4 is 0 Å². The number of amides is 1. The number of carboxylic acid groups (broad SMARTS) is 1. The van der Waals surface area contributed by atoms with Gasteiger partial charge in [0, 0.05) is 18.7 Å². The maximum atomic E-state index is 13.0. The fourth-order valence-corrected chi connectivity index (χ4v) is 4.97. The molecular formula is C31H35NO5. The number of hydrogen-bond donors (Lipinski definition) is 1. The molecule has 0 radical (unpaired) electrons. The molecule has 1 heterocycles. The first-order valence-electron chi connectivity index (χ1n) is 12.5. The van der Waals surface area contributed by atoms with Crippen LogP contribution in [-0.4, -0.2) is 27.7 Å². The van der Waals surface area contributed by atoms with Crippen molar-refractivity contribution in [3.05, 3.63) is 93.5 Å². The molecule has 1 amide bonds. The molecule has 1 aliphatic rings. The number of carboxylic acids is 1. The van der Waals surface area contributed by atoms with E-state index in [1.807, 2.05) is 96.1 Å². The van der Waals surface area contributed by atoms with Gasteiger partial charge in [-0.3, -0.25) is 4.90 Å². The molecule has 1 aliphatic heterocycles. The molecule has 0 saturated carbocycles. The number of ether oxygens (including phenoxy) is 2. The van der Waals surface area contributed by atoms with Crippen molar-refractivity contribution in [3.8, 4) is 11.1 Å². The van der Waals surface area contributed by atoms with Gasteiger partial charge in [-0.15, -0.1) is 0 Å². The highest BCUT2D eigenvalue weighted by Gasteiger charge is 2.36. The number of aryl methyl sites for hydroxylation is 1. The van der Waals surface area contributed by atoms with Crippen LogP contribution in [0.4, 0.5) is 4.79 Å². The summed E-state index contributed by atoms with van der Waals surface area (Å²) in [7, 11) is 0. The molecule has 4 rings (SSSR count). The van der Waals surface area contributed by atoms with Gasteiger partial charge in [0.05, 0.1) is 5.60 Å². The molecule has 0 fully saturated rings. The molecular weight excluding hydrogens is 466 g/mol. The second-order valence-corrected chi connectivity index (χ2v) is 10.7. The third-order valence-electron chi connectivity index (χ3n) is 6.78. The second kappa shape index (κ2) is 10.4. The monoisotopic (exact) mass is 501 g/mol. The molecule has 6 heteroatoms. The van der Waals surface area contributed by atoms with Crippen molar-refractivity contribution in [3.63, 3.8) is 0 Å². The summed E-state index contributed by atoms with van der Waals surface area (Å²) in [6, 6.07) is 17.7. The summed E-state index contributed by atoms with van der Waals surface area (Å²) in [5, 5.41) is 10.3. The quantitative estimate of drug-likeness (QED) is 0.399. The predicted octanol–water partition coefficient (Wildman–Crippen LogP) is 6.87. The molecule has 3 aromatic carbocycles. The van der Waals surface area contributed by atoms with Gasteiger partial charge in [0.15, 0.2) is 6.10 Å². The lowest BCUT2D eigenvalue weighted by Gasteiger charge is -2.29. The van der Waals surface area contributed by atoms with E-state index in [9.17, 15) is 14.7 Å². The lowest BCUT2D eigenvalue weighted by Crippen LogP contribution is -2.28. The van der Waals surface area contributed by atoms with E-state index in [1.54, 1.807) is 4.90 Å². The Bertz CT molecular complexity index is 1310. The van der Waals surface area contributed by atoms with Crippen LogP contribution in [0.15, 0.2) is 54.6 Å². The first-order valence-corrected chi connectivity index (χ1v) is 12.5. The standard InChI is InChI=1S/C31H35NO5/c1-19-12-14-23(15-13-19)26-20(2)24-16-32(30(35)36-18-22-10-8-7-9-11-22)17-25(24)21(3)27(26)28(29(33)34)37-31(4,5)6/h7-15,28H,16-18H2,1-6H3,(H,33,34). The van der Waals surface area contributed by atoms with E-state index in [-0.39, 0.29) is 6.61 Å². The van der Waals surface area contributed by atoms with Gasteiger partial charge in [-0.1, -0.05) is 60.2 Å². The van der Waals surface area contributed by atoms with Gasteiger partial charge in [0.2, 0.25) is 0 Å². The van der Waals surface area contributed by atoms with Gasteiger partial charge in [0.1, 0.15) is 6.61 Å². The van der Waals surface area contributed by atoms with Crippen LogP contribution in [0.3, 0.4) is 0 Å². The van der Waals surface area contributed by atoms with Crippen LogP contribution in [0.2, 0.25) is 0 Å². The number of rotatable bonds is 6. The van der Waals surface area contributed by atoms with Gasteiger partial charge < -0.3 is 14.6 Å². The third kappa shape index (κ3) is 5.70. The maximum Gasteiger partial charge on any atom is 0.410 e. The molecule has 0 spiro atoms. The van der Waals surface area contributed by atoms with E-state index < -0.39 is 23.8 Å². The fourth-order valence-electron chi connectivity index (χ4n) is 4.97. The van der Waals surface area contributed by atoms with Crippen molar-refractivity contribution in [2.24, 2.45) is 0 Å². The number of fused-ring (bicyclic) bond motifs is 1. The molecule has 0 aliphatic carbocycles. The maximum absolute atomic E-state index is 13.0. The van der Waals surface area contributed by atoms with Crippen molar-refractivity contribution in [1.29, 1.82) is 0 Å². The molecule has 0 saturated heterocycles. The van der Waals surface area contributed by atoms with E-state index in [0.29, 0.717) is 18.7 Å². The average Bonchev–Trinajstić information content (AvgIpc) is 3.30. The summed E-state index contributed by atoms with van der Waals surface area (Å²) >= 11 is 0. The van der Waals surface area contributed by atoms with E-state index in [1.165, 1.54) is 0 Å². The van der Waals surface area contributed by atoms with Crippen LogP contribution in [0, 0.1) is 20.8 Å². The van der Waals surface area contributed by atoms with Gasteiger partial charge in [-0.25, -0.2) is 9.59 Å². The molecule has 3 aromatic rings. The zero-order valence-electron chi connectivity index (χ0n) is 22.4. The highest BCUT2D eigenvalue weighted by atomic mass is 16.6. The normalized spacial score (nSPS) is 13.8. The van der Waals surface area contributed by atoms with E-state index in [2.05, 4.69) is 0 Å². The minimum Gasteiger partial charge on any atom is -0.479 e. The third-order valence-corrected chi connectivity index (χ3v) is 6.78.